The number of piperazine rings is 1. The van der Waals surface area contributed by atoms with Crippen molar-refractivity contribution in [2.45, 2.75) is 6.54 Å². The minimum Gasteiger partial charge on any atom is -0.339 e. The number of carbonyl (C=O) groups excluding carboxylic acids is 1. The molecule has 3 heterocycles. The highest BCUT2D eigenvalue weighted by Gasteiger charge is 2.20. The Labute approximate surface area is 163 Å². The number of rotatable bonds is 4. The molecule has 0 radical (unpaired) electrons. The monoisotopic (exact) mass is 372 g/mol. The van der Waals surface area contributed by atoms with Gasteiger partial charge in [0.25, 0.3) is 0 Å². The van der Waals surface area contributed by atoms with Crippen LogP contribution < -0.4 is 5.32 Å². The van der Waals surface area contributed by atoms with Gasteiger partial charge >= 0.3 is 0 Å². The van der Waals surface area contributed by atoms with Gasteiger partial charge in [-0.25, -0.2) is 4.98 Å². The van der Waals surface area contributed by atoms with E-state index in [0.29, 0.717) is 5.56 Å². The lowest BCUT2D eigenvalue weighted by atomic mass is 10.0. The highest BCUT2D eigenvalue weighted by atomic mass is 16.2. The van der Waals surface area contributed by atoms with Gasteiger partial charge in [-0.15, -0.1) is 0 Å². The van der Waals surface area contributed by atoms with Crippen LogP contribution in [0.4, 0.5) is 0 Å². The molecule has 0 bridgehead atoms. The number of amides is 1. The second-order valence-electron chi connectivity index (χ2n) is 6.63. The smallest absolute Gasteiger partial charge is 0.242 e. The maximum Gasteiger partial charge on any atom is 0.242 e. The number of imidazole rings is 1. The molecule has 1 saturated heterocycles. The Kier molecular flexibility index (Phi) is 5.13. The van der Waals surface area contributed by atoms with Crippen molar-refractivity contribution in [2.75, 3.05) is 26.2 Å². The van der Waals surface area contributed by atoms with E-state index in [1.807, 2.05) is 33.7 Å². The van der Waals surface area contributed by atoms with E-state index in [2.05, 4.69) is 21.4 Å². The number of nitrogens with one attached hydrogen (secondary N) is 1. The zero-order chi connectivity index (χ0) is 19.3. The van der Waals surface area contributed by atoms with Crippen molar-refractivity contribution in [3.63, 3.8) is 0 Å². The first kappa shape index (κ1) is 17.9. The van der Waals surface area contributed by atoms with Gasteiger partial charge in [0, 0.05) is 49.7 Å². The van der Waals surface area contributed by atoms with Gasteiger partial charge in [-0.3, -0.25) is 9.78 Å². The molecule has 3 aromatic rings. The molecule has 2 aromatic heterocycles. The summed E-state index contributed by atoms with van der Waals surface area (Å²) >= 11 is 0. The molecule has 0 spiro atoms. The van der Waals surface area contributed by atoms with Gasteiger partial charge < -0.3 is 14.8 Å². The number of hydrogen-bond donors (Lipinski definition) is 1. The Balaban J connectivity index is 1.71. The lowest BCUT2D eigenvalue weighted by Gasteiger charge is -2.27. The molecule has 140 valence electrons. The standard InChI is InChI=1S/C21H20N6O/c22-13-16-1-3-17(4-2-16)20-21(18-5-7-23-8-6-18)27(15-25-20)14-19(28)26-11-9-24-10-12-26/h1-8,15,24H,9-12,14H2. The van der Waals surface area contributed by atoms with Crippen LogP contribution in [0.1, 0.15) is 5.56 Å². The second-order valence-corrected chi connectivity index (χ2v) is 6.63. The SMILES string of the molecule is N#Cc1ccc(-c2ncn(CC(=O)N3CCNCC3)c2-c2ccncc2)cc1. The summed E-state index contributed by atoms with van der Waals surface area (Å²) in [5.74, 6) is 0.0839. The molecule has 28 heavy (non-hydrogen) atoms. The Morgan fingerprint density at radius 3 is 2.46 bits per heavy atom. The Morgan fingerprint density at radius 2 is 1.79 bits per heavy atom. The molecule has 0 saturated carbocycles. The fourth-order valence-corrected chi connectivity index (χ4v) is 3.39. The van der Waals surface area contributed by atoms with Crippen molar-refractivity contribution in [2.24, 2.45) is 0 Å². The topological polar surface area (TPSA) is 86.8 Å². The minimum absolute atomic E-state index is 0.0839. The zero-order valence-corrected chi connectivity index (χ0v) is 15.4. The molecule has 0 unspecified atom stereocenters. The summed E-state index contributed by atoms with van der Waals surface area (Å²) in [5.41, 5.74) is 4.10. The van der Waals surface area contributed by atoms with Crippen molar-refractivity contribution in [1.82, 2.24) is 24.8 Å². The summed E-state index contributed by atoms with van der Waals surface area (Å²) in [6, 6.07) is 13.3. The van der Waals surface area contributed by atoms with Crippen molar-refractivity contribution in [3.8, 4) is 28.6 Å². The Bertz CT molecular complexity index is 998. The molecule has 1 amide bonds. The predicted molar refractivity (Wildman–Crippen MR) is 105 cm³/mol. The van der Waals surface area contributed by atoms with Crippen LogP contribution in [0.5, 0.6) is 0 Å². The molecule has 1 aliphatic rings. The van der Waals surface area contributed by atoms with Crippen LogP contribution in [0.2, 0.25) is 0 Å². The number of benzene rings is 1. The van der Waals surface area contributed by atoms with E-state index in [1.165, 1.54) is 0 Å². The third kappa shape index (κ3) is 3.63. The van der Waals surface area contributed by atoms with E-state index in [9.17, 15) is 4.79 Å². The first-order valence-corrected chi connectivity index (χ1v) is 9.21. The molecule has 4 rings (SSSR count). The molecule has 1 aliphatic heterocycles. The minimum atomic E-state index is 0.0839. The number of nitrogens with zero attached hydrogens (tertiary/aromatic N) is 5. The van der Waals surface area contributed by atoms with Crippen LogP contribution in [0.3, 0.4) is 0 Å². The summed E-state index contributed by atoms with van der Waals surface area (Å²) in [5, 5.41) is 12.3. The molecule has 0 aliphatic carbocycles. The van der Waals surface area contributed by atoms with Crippen molar-refractivity contribution in [1.29, 1.82) is 5.26 Å². The molecular weight excluding hydrogens is 352 g/mol. The van der Waals surface area contributed by atoms with Crippen molar-refractivity contribution in [3.05, 3.63) is 60.7 Å². The van der Waals surface area contributed by atoms with Gasteiger partial charge in [-0.1, -0.05) is 12.1 Å². The van der Waals surface area contributed by atoms with Crippen LogP contribution >= 0.6 is 0 Å². The lowest BCUT2D eigenvalue weighted by Crippen LogP contribution is -2.47. The number of nitriles is 1. The summed E-state index contributed by atoms with van der Waals surface area (Å²) in [6.45, 7) is 3.33. The summed E-state index contributed by atoms with van der Waals surface area (Å²) in [4.78, 5) is 23.4. The van der Waals surface area contributed by atoms with Crippen LogP contribution in [0, 0.1) is 11.3 Å². The first-order valence-electron chi connectivity index (χ1n) is 9.21. The number of pyridine rings is 1. The van der Waals surface area contributed by atoms with Crippen molar-refractivity contribution < 1.29 is 4.79 Å². The maximum absolute atomic E-state index is 12.8. The van der Waals surface area contributed by atoms with Crippen LogP contribution in [-0.4, -0.2) is 51.5 Å². The maximum atomic E-state index is 12.8. The third-order valence-corrected chi connectivity index (χ3v) is 4.85. The summed E-state index contributed by atoms with van der Waals surface area (Å²) in [6.07, 6.45) is 5.17. The van der Waals surface area contributed by atoms with Crippen molar-refractivity contribution >= 4 is 5.91 Å². The van der Waals surface area contributed by atoms with Gasteiger partial charge in [0.1, 0.15) is 6.54 Å². The Morgan fingerprint density at radius 1 is 1.07 bits per heavy atom. The molecule has 1 fully saturated rings. The van der Waals surface area contributed by atoms with Gasteiger partial charge in [0.2, 0.25) is 5.91 Å². The lowest BCUT2D eigenvalue weighted by molar-refractivity contribution is -0.132. The van der Waals surface area contributed by atoms with Crippen LogP contribution in [0.25, 0.3) is 22.5 Å². The first-order chi connectivity index (χ1) is 13.8. The average molecular weight is 372 g/mol. The quantitative estimate of drug-likeness (QED) is 0.756. The number of aromatic nitrogens is 3. The van der Waals surface area contributed by atoms with E-state index in [0.717, 1.165) is 48.7 Å². The second kappa shape index (κ2) is 8.03. The summed E-state index contributed by atoms with van der Waals surface area (Å²) < 4.78 is 1.90. The molecule has 7 heteroatoms. The predicted octanol–water partition coefficient (Wildman–Crippen LogP) is 1.92. The Hall–Kier alpha value is -3.50. The molecular formula is C21H20N6O. The fourth-order valence-electron chi connectivity index (χ4n) is 3.39. The third-order valence-electron chi connectivity index (χ3n) is 4.85. The van der Waals surface area contributed by atoms with Crippen LogP contribution in [-0.2, 0) is 11.3 Å². The molecule has 0 atom stereocenters. The number of hydrogen-bond acceptors (Lipinski definition) is 5. The average Bonchev–Trinajstić information content (AvgIpc) is 3.18. The van der Waals surface area contributed by atoms with Gasteiger partial charge in [-0.05, 0) is 24.3 Å². The van der Waals surface area contributed by atoms with Gasteiger partial charge in [0.05, 0.1) is 29.3 Å². The fraction of sp³-hybridized carbons (Fsp3) is 0.238. The molecule has 7 nitrogen and oxygen atoms in total. The van der Waals surface area contributed by atoms with E-state index >= 15 is 0 Å². The van der Waals surface area contributed by atoms with E-state index in [-0.39, 0.29) is 12.5 Å². The van der Waals surface area contributed by atoms with E-state index in [1.54, 1.807) is 30.9 Å². The zero-order valence-electron chi connectivity index (χ0n) is 15.4. The molecule has 1 N–H and O–H groups in total. The largest absolute Gasteiger partial charge is 0.339 e. The summed E-state index contributed by atoms with van der Waals surface area (Å²) in [7, 11) is 0. The van der Waals surface area contributed by atoms with E-state index < -0.39 is 0 Å². The number of carbonyl (C=O) groups is 1. The van der Waals surface area contributed by atoms with Crippen LogP contribution in [0.15, 0.2) is 55.1 Å². The molecule has 1 aromatic carbocycles. The highest BCUT2D eigenvalue weighted by molar-refractivity contribution is 5.81. The highest BCUT2D eigenvalue weighted by Crippen LogP contribution is 2.31. The normalized spacial score (nSPS) is 13.9. The van der Waals surface area contributed by atoms with Gasteiger partial charge in [-0.2, -0.15) is 5.26 Å². The van der Waals surface area contributed by atoms with E-state index in [4.69, 9.17) is 5.26 Å². The van der Waals surface area contributed by atoms with Gasteiger partial charge in [0.15, 0.2) is 0 Å².